The molecule has 4 unspecified atom stereocenters. The van der Waals surface area contributed by atoms with E-state index >= 15 is 0 Å². The van der Waals surface area contributed by atoms with Crippen LogP contribution in [0.5, 0.6) is 0 Å². The van der Waals surface area contributed by atoms with Gasteiger partial charge in [-0.15, -0.1) is 0 Å². The summed E-state index contributed by atoms with van der Waals surface area (Å²) in [7, 11) is 3.74. The first-order chi connectivity index (χ1) is 9.88. The molecule has 0 aromatic heterocycles. The molecule has 2 fully saturated rings. The quantitative estimate of drug-likeness (QED) is 0.564. The summed E-state index contributed by atoms with van der Waals surface area (Å²) in [6.45, 7) is 0. The number of hydrogen-bond acceptors (Lipinski definition) is 6. The molecule has 4 rings (SSSR count). The van der Waals surface area contributed by atoms with E-state index < -0.39 is 0 Å². The molecule has 2 nitrogen and oxygen atoms in total. The third-order valence-corrected chi connectivity index (χ3v) is 10.4. The van der Waals surface area contributed by atoms with E-state index in [9.17, 15) is 0 Å². The van der Waals surface area contributed by atoms with Crippen LogP contribution in [-0.4, -0.2) is 31.3 Å². The van der Waals surface area contributed by atoms with Crippen molar-refractivity contribution >= 4 is 53.9 Å². The van der Waals surface area contributed by atoms with Crippen molar-refractivity contribution in [2.75, 3.05) is 0 Å². The second-order valence-electron chi connectivity index (χ2n) is 5.97. The SMILES string of the molecule is C1CCC2SC(SSC3=NC4CCCCC4S3)=NC2C1. The van der Waals surface area contributed by atoms with Crippen LogP contribution in [0.3, 0.4) is 0 Å². The normalized spacial score (nSPS) is 40.0. The minimum atomic E-state index is 0.623. The van der Waals surface area contributed by atoms with Crippen molar-refractivity contribution in [1.29, 1.82) is 0 Å². The molecule has 2 heterocycles. The lowest BCUT2D eigenvalue weighted by atomic mass is 9.96. The molecule has 0 saturated heterocycles. The molecular weight excluding hydrogens is 324 g/mol. The summed E-state index contributed by atoms with van der Waals surface area (Å²) in [6.07, 6.45) is 10.9. The lowest BCUT2D eigenvalue weighted by Gasteiger charge is -2.21. The van der Waals surface area contributed by atoms with Gasteiger partial charge in [-0.2, -0.15) is 0 Å². The molecule has 2 saturated carbocycles. The van der Waals surface area contributed by atoms with E-state index in [4.69, 9.17) is 9.98 Å². The Morgan fingerprint density at radius 2 is 1.15 bits per heavy atom. The summed E-state index contributed by atoms with van der Waals surface area (Å²) in [4.78, 5) is 9.84. The summed E-state index contributed by atoms with van der Waals surface area (Å²) in [5.74, 6) is 0. The highest BCUT2D eigenvalue weighted by Crippen LogP contribution is 2.47. The third-order valence-electron chi connectivity index (χ3n) is 4.57. The van der Waals surface area contributed by atoms with Crippen molar-refractivity contribution in [3.8, 4) is 0 Å². The van der Waals surface area contributed by atoms with Crippen LogP contribution >= 0.6 is 45.1 Å². The Hall–Kier alpha value is 0.740. The predicted octanol–water partition coefficient (Wildman–Crippen LogP) is 5.20. The smallest absolute Gasteiger partial charge is 0.136 e. The molecule has 4 aliphatic rings. The van der Waals surface area contributed by atoms with Gasteiger partial charge in [-0.3, -0.25) is 9.98 Å². The highest BCUT2D eigenvalue weighted by Gasteiger charge is 2.35. The second kappa shape index (κ2) is 6.47. The number of rotatable bonds is 0. The van der Waals surface area contributed by atoms with Crippen molar-refractivity contribution in [1.82, 2.24) is 0 Å². The Morgan fingerprint density at radius 1 is 0.700 bits per heavy atom. The van der Waals surface area contributed by atoms with Crippen molar-refractivity contribution in [3.63, 3.8) is 0 Å². The monoisotopic (exact) mass is 344 g/mol. The molecule has 0 spiro atoms. The van der Waals surface area contributed by atoms with E-state index in [1.807, 2.05) is 45.1 Å². The molecule has 2 aliphatic carbocycles. The average Bonchev–Trinajstić information content (AvgIpc) is 3.07. The molecule has 0 amide bonds. The van der Waals surface area contributed by atoms with Gasteiger partial charge in [0.15, 0.2) is 0 Å². The van der Waals surface area contributed by atoms with E-state index in [1.54, 1.807) is 0 Å². The Balaban J connectivity index is 1.31. The van der Waals surface area contributed by atoms with Crippen LogP contribution in [-0.2, 0) is 0 Å². The van der Waals surface area contributed by atoms with Gasteiger partial charge in [0.05, 0.1) is 12.1 Å². The number of nitrogens with zero attached hydrogens (tertiary/aromatic N) is 2. The van der Waals surface area contributed by atoms with E-state index in [1.165, 1.54) is 60.1 Å². The first-order valence-corrected chi connectivity index (χ1v) is 11.6. The Labute approximate surface area is 137 Å². The summed E-state index contributed by atoms with van der Waals surface area (Å²) in [5.41, 5.74) is 0. The fourth-order valence-corrected chi connectivity index (χ4v) is 9.22. The zero-order chi connectivity index (χ0) is 13.4. The van der Waals surface area contributed by atoms with Crippen molar-refractivity contribution in [2.45, 2.75) is 74.0 Å². The van der Waals surface area contributed by atoms with Crippen molar-refractivity contribution in [2.24, 2.45) is 9.98 Å². The summed E-state index contributed by atoms with van der Waals surface area (Å²) >= 11 is 4.06. The molecule has 0 N–H and O–H groups in total. The Kier molecular flexibility index (Phi) is 4.64. The van der Waals surface area contributed by atoms with E-state index in [-0.39, 0.29) is 0 Å². The zero-order valence-corrected chi connectivity index (χ0v) is 14.8. The first kappa shape index (κ1) is 14.3. The van der Waals surface area contributed by atoms with Gasteiger partial charge in [-0.1, -0.05) is 49.2 Å². The topological polar surface area (TPSA) is 24.7 Å². The van der Waals surface area contributed by atoms with Crippen LogP contribution < -0.4 is 0 Å². The molecule has 20 heavy (non-hydrogen) atoms. The van der Waals surface area contributed by atoms with Gasteiger partial charge < -0.3 is 0 Å². The minimum absolute atomic E-state index is 0.623. The Morgan fingerprint density at radius 3 is 1.60 bits per heavy atom. The predicted molar refractivity (Wildman–Crippen MR) is 97.3 cm³/mol. The van der Waals surface area contributed by atoms with E-state index in [0.29, 0.717) is 12.1 Å². The Bertz CT molecular complexity index is 397. The van der Waals surface area contributed by atoms with Crippen LogP contribution in [0.15, 0.2) is 9.98 Å². The summed E-state index contributed by atoms with van der Waals surface area (Å²) in [6, 6.07) is 1.25. The van der Waals surface area contributed by atoms with Gasteiger partial charge in [0.2, 0.25) is 0 Å². The fourth-order valence-electron chi connectivity index (χ4n) is 3.47. The van der Waals surface area contributed by atoms with Crippen LogP contribution in [0.4, 0.5) is 0 Å². The molecule has 6 heteroatoms. The molecule has 4 atom stereocenters. The lowest BCUT2D eigenvalue weighted by molar-refractivity contribution is 0.462. The molecule has 0 bridgehead atoms. The third kappa shape index (κ3) is 3.08. The maximum atomic E-state index is 4.92. The summed E-state index contributed by atoms with van der Waals surface area (Å²) in [5, 5.41) is 1.57. The highest BCUT2D eigenvalue weighted by molar-refractivity contribution is 8.93. The number of aliphatic imine (C=N–C) groups is 2. The van der Waals surface area contributed by atoms with E-state index in [0.717, 1.165) is 10.5 Å². The molecule has 110 valence electrons. The van der Waals surface area contributed by atoms with Gasteiger partial charge >= 0.3 is 0 Å². The second-order valence-corrected chi connectivity index (χ2v) is 11.1. The molecule has 0 aromatic carbocycles. The molecule has 0 radical (unpaired) electrons. The maximum absolute atomic E-state index is 4.92. The standard InChI is InChI=1S/C14H20N2S4/c1-3-7-11-9(5-1)15-13(17-11)19-20-14-16-10-6-2-4-8-12(10)18-14/h9-12H,1-8H2. The fraction of sp³-hybridized carbons (Fsp3) is 0.857. The van der Waals surface area contributed by atoms with Crippen LogP contribution in [0, 0.1) is 0 Å². The zero-order valence-electron chi connectivity index (χ0n) is 11.5. The number of thioether (sulfide) groups is 2. The lowest BCUT2D eigenvalue weighted by Crippen LogP contribution is -2.21. The van der Waals surface area contributed by atoms with Gasteiger partial charge in [-0.25, -0.2) is 0 Å². The van der Waals surface area contributed by atoms with E-state index in [2.05, 4.69) is 0 Å². The maximum Gasteiger partial charge on any atom is 0.136 e. The van der Waals surface area contributed by atoms with Crippen LogP contribution in [0.25, 0.3) is 0 Å². The molecule has 0 aromatic rings. The molecular formula is C14H20N2S4. The summed E-state index contributed by atoms with van der Waals surface area (Å²) < 4.78 is 2.62. The average molecular weight is 345 g/mol. The van der Waals surface area contributed by atoms with Gasteiger partial charge in [0.1, 0.15) is 8.75 Å². The minimum Gasteiger partial charge on any atom is -0.266 e. The van der Waals surface area contributed by atoms with Gasteiger partial charge in [0.25, 0.3) is 0 Å². The van der Waals surface area contributed by atoms with Crippen molar-refractivity contribution < 1.29 is 0 Å². The van der Waals surface area contributed by atoms with Crippen molar-refractivity contribution in [3.05, 3.63) is 0 Å². The van der Waals surface area contributed by atoms with Gasteiger partial charge in [-0.05, 0) is 47.3 Å². The number of fused-ring (bicyclic) bond motifs is 2. The van der Waals surface area contributed by atoms with Crippen LogP contribution in [0.2, 0.25) is 0 Å². The highest BCUT2D eigenvalue weighted by atomic mass is 33.1. The van der Waals surface area contributed by atoms with Gasteiger partial charge in [0, 0.05) is 10.5 Å². The molecule has 2 aliphatic heterocycles. The first-order valence-electron chi connectivity index (χ1n) is 7.72. The number of hydrogen-bond donors (Lipinski definition) is 0. The van der Waals surface area contributed by atoms with Crippen LogP contribution in [0.1, 0.15) is 51.4 Å². The largest absolute Gasteiger partial charge is 0.266 e.